The van der Waals surface area contributed by atoms with Gasteiger partial charge in [-0.3, -0.25) is 9.59 Å². The first-order chi connectivity index (χ1) is 15.4. The summed E-state index contributed by atoms with van der Waals surface area (Å²) in [5, 5.41) is 2.90. The van der Waals surface area contributed by atoms with Crippen LogP contribution in [0.4, 0.5) is 5.69 Å². The van der Waals surface area contributed by atoms with Crippen molar-refractivity contribution in [1.29, 1.82) is 0 Å². The van der Waals surface area contributed by atoms with Crippen LogP contribution in [0.3, 0.4) is 0 Å². The minimum Gasteiger partial charge on any atom is -0.497 e. The maximum atomic E-state index is 13.1. The third-order valence-electron chi connectivity index (χ3n) is 5.07. The molecule has 0 aliphatic heterocycles. The number of amides is 1. The maximum absolute atomic E-state index is 13.1. The normalized spacial score (nSPS) is 11.4. The Labute approximate surface area is 188 Å². The molecule has 1 atom stereocenters. The van der Waals surface area contributed by atoms with Crippen LogP contribution < -0.4 is 14.8 Å². The number of methoxy groups -OCH3 is 2. The minimum atomic E-state index is -1.09. The van der Waals surface area contributed by atoms with Gasteiger partial charge in [-0.2, -0.15) is 0 Å². The third kappa shape index (κ3) is 5.66. The quantitative estimate of drug-likeness (QED) is 0.517. The van der Waals surface area contributed by atoms with Gasteiger partial charge in [0.25, 0.3) is 5.91 Å². The highest BCUT2D eigenvalue weighted by Gasteiger charge is 2.26. The van der Waals surface area contributed by atoms with E-state index < -0.39 is 18.0 Å². The molecule has 166 valence electrons. The number of ether oxygens (including phenoxy) is 3. The standard InChI is InChI=1S/C26H27NO5/c1-17-10-11-18(2)22(14-17)27-26(29)25(19-8-6-5-7-9-19)32-24(28)15-20-12-13-21(30-3)16-23(20)31-4/h5-14,16,25H,15H2,1-4H3,(H,27,29). The lowest BCUT2D eigenvalue weighted by Gasteiger charge is -2.19. The molecular weight excluding hydrogens is 406 g/mol. The molecular formula is C26H27NO5. The van der Waals surface area contributed by atoms with Gasteiger partial charge in [0.1, 0.15) is 11.5 Å². The number of anilines is 1. The lowest BCUT2D eigenvalue weighted by Crippen LogP contribution is -2.27. The lowest BCUT2D eigenvalue weighted by atomic mass is 10.1. The van der Waals surface area contributed by atoms with E-state index >= 15 is 0 Å². The average Bonchev–Trinajstić information content (AvgIpc) is 2.80. The van der Waals surface area contributed by atoms with Crippen LogP contribution in [-0.4, -0.2) is 26.1 Å². The molecule has 1 unspecified atom stereocenters. The van der Waals surface area contributed by atoms with Crippen LogP contribution in [0.15, 0.2) is 66.7 Å². The molecule has 0 aliphatic rings. The first kappa shape index (κ1) is 22.9. The topological polar surface area (TPSA) is 73.9 Å². The number of hydrogen-bond acceptors (Lipinski definition) is 5. The highest BCUT2D eigenvalue weighted by Crippen LogP contribution is 2.27. The molecule has 0 saturated heterocycles. The van der Waals surface area contributed by atoms with Gasteiger partial charge >= 0.3 is 5.97 Å². The van der Waals surface area contributed by atoms with Crippen LogP contribution in [0.2, 0.25) is 0 Å². The summed E-state index contributed by atoms with van der Waals surface area (Å²) < 4.78 is 16.2. The number of carbonyl (C=O) groups is 2. The Hall–Kier alpha value is -3.80. The molecule has 6 nitrogen and oxygen atoms in total. The molecule has 3 aromatic carbocycles. The van der Waals surface area contributed by atoms with Crippen LogP contribution in [0, 0.1) is 13.8 Å². The van der Waals surface area contributed by atoms with Crippen LogP contribution >= 0.6 is 0 Å². The van der Waals surface area contributed by atoms with Gasteiger partial charge in [-0.25, -0.2) is 0 Å². The number of nitrogens with one attached hydrogen (secondary N) is 1. The van der Waals surface area contributed by atoms with E-state index in [1.807, 2.05) is 38.1 Å². The largest absolute Gasteiger partial charge is 0.497 e. The molecule has 3 rings (SSSR count). The molecule has 0 aromatic heterocycles. The smallest absolute Gasteiger partial charge is 0.311 e. The molecule has 0 fully saturated rings. The van der Waals surface area contributed by atoms with E-state index in [0.717, 1.165) is 11.1 Å². The van der Waals surface area contributed by atoms with Gasteiger partial charge in [0, 0.05) is 22.9 Å². The Morgan fingerprint density at radius 1 is 0.906 bits per heavy atom. The Bertz CT molecular complexity index is 1090. The van der Waals surface area contributed by atoms with Gasteiger partial charge in [0.05, 0.1) is 20.6 Å². The highest BCUT2D eigenvalue weighted by atomic mass is 16.5. The van der Waals surface area contributed by atoms with E-state index in [0.29, 0.717) is 28.3 Å². The average molecular weight is 434 g/mol. The van der Waals surface area contributed by atoms with Crippen LogP contribution in [0.5, 0.6) is 11.5 Å². The van der Waals surface area contributed by atoms with Crippen molar-refractivity contribution in [2.45, 2.75) is 26.4 Å². The van der Waals surface area contributed by atoms with Crippen molar-refractivity contribution in [3.8, 4) is 11.5 Å². The Balaban J connectivity index is 1.81. The fraction of sp³-hybridized carbons (Fsp3) is 0.231. The number of benzene rings is 3. The zero-order valence-electron chi connectivity index (χ0n) is 18.7. The molecule has 0 saturated carbocycles. The molecule has 0 spiro atoms. The van der Waals surface area contributed by atoms with E-state index in [1.165, 1.54) is 7.11 Å². The summed E-state index contributed by atoms with van der Waals surface area (Å²) in [7, 11) is 3.08. The number of esters is 1. The SMILES string of the molecule is COc1ccc(CC(=O)OC(C(=O)Nc2cc(C)ccc2C)c2ccccc2)c(OC)c1. The second kappa shape index (κ2) is 10.5. The number of hydrogen-bond donors (Lipinski definition) is 1. The van der Waals surface area contributed by atoms with Crippen molar-refractivity contribution < 1.29 is 23.8 Å². The summed E-state index contributed by atoms with van der Waals surface area (Å²) in [4.78, 5) is 25.9. The second-order valence-corrected chi connectivity index (χ2v) is 7.44. The van der Waals surface area contributed by atoms with Crippen molar-refractivity contribution in [3.63, 3.8) is 0 Å². The summed E-state index contributed by atoms with van der Waals surface area (Å²) in [6, 6.07) is 19.9. The van der Waals surface area contributed by atoms with Crippen molar-refractivity contribution in [2.24, 2.45) is 0 Å². The fourth-order valence-corrected chi connectivity index (χ4v) is 3.30. The molecule has 6 heteroatoms. The van der Waals surface area contributed by atoms with Gasteiger partial charge in [-0.15, -0.1) is 0 Å². The van der Waals surface area contributed by atoms with Crippen LogP contribution in [0.1, 0.15) is 28.4 Å². The summed E-state index contributed by atoms with van der Waals surface area (Å²) in [5.41, 5.74) is 3.85. The van der Waals surface area contributed by atoms with E-state index in [1.54, 1.807) is 49.6 Å². The Kier molecular flexibility index (Phi) is 7.49. The van der Waals surface area contributed by atoms with Crippen molar-refractivity contribution in [3.05, 3.63) is 89.0 Å². The van der Waals surface area contributed by atoms with E-state index in [2.05, 4.69) is 5.32 Å². The van der Waals surface area contributed by atoms with Crippen LogP contribution in [0.25, 0.3) is 0 Å². The minimum absolute atomic E-state index is 0.0484. The fourth-order valence-electron chi connectivity index (χ4n) is 3.30. The highest BCUT2D eigenvalue weighted by molar-refractivity contribution is 5.96. The summed E-state index contributed by atoms with van der Waals surface area (Å²) >= 11 is 0. The molecule has 32 heavy (non-hydrogen) atoms. The summed E-state index contributed by atoms with van der Waals surface area (Å²) in [6.07, 6.45) is -1.14. The van der Waals surface area contributed by atoms with Crippen molar-refractivity contribution in [1.82, 2.24) is 0 Å². The Morgan fingerprint density at radius 2 is 1.66 bits per heavy atom. The molecule has 1 amide bonds. The molecule has 0 bridgehead atoms. The number of rotatable bonds is 8. The molecule has 3 aromatic rings. The van der Waals surface area contributed by atoms with Gasteiger partial charge in [-0.05, 0) is 37.1 Å². The lowest BCUT2D eigenvalue weighted by molar-refractivity contribution is -0.154. The molecule has 0 radical (unpaired) electrons. The first-order valence-corrected chi connectivity index (χ1v) is 10.2. The number of aryl methyl sites for hydroxylation is 2. The number of carbonyl (C=O) groups excluding carboxylic acids is 2. The van der Waals surface area contributed by atoms with E-state index in [-0.39, 0.29) is 6.42 Å². The summed E-state index contributed by atoms with van der Waals surface area (Å²) in [5.74, 6) is 0.171. The van der Waals surface area contributed by atoms with Gasteiger partial charge in [-0.1, -0.05) is 48.5 Å². The van der Waals surface area contributed by atoms with E-state index in [4.69, 9.17) is 14.2 Å². The predicted octanol–water partition coefficient (Wildman–Crippen LogP) is 4.79. The Morgan fingerprint density at radius 3 is 2.34 bits per heavy atom. The first-order valence-electron chi connectivity index (χ1n) is 10.2. The van der Waals surface area contributed by atoms with E-state index in [9.17, 15) is 9.59 Å². The van der Waals surface area contributed by atoms with Gasteiger partial charge in [0.2, 0.25) is 6.10 Å². The van der Waals surface area contributed by atoms with Gasteiger partial charge in [0.15, 0.2) is 0 Å². The zero-order chi connectivity index (χ0) is 23.1. The third-order valence-corrected chi connectivity index (χ3v) is 5.07. The maximum Gasteiger partial charge on any atom is 0.311 e. The monoisotopic (exact) mass is 433 g/mol. The molecule has 1 N–H and O–H groups in total. The van der Waals surface area contributed by atoms with Crippen molar-refractivity contribution in [2.75, 3.05) is 19.5 Å². The van der Waals surface area contributed by atoms with Crippen LogP contribution in [-0.2, 0) is 20.7 Å². The molecule has 0 aliphatic carbocycles. The molecule has 0 heterocycles. The zero-order valence-corrected chi connectivity index (χ0v) is 18.7. The van der Waals surface area contributed by atoms with Gasteiger partial charge < -0.3 is 19.5 Å². The summed E-state index contributed by atoms with van der Waals surface area (Å²) in [6.45, 7) is 3.86. The van der Waals surface area contributed by atoms with Crippen molar-refractivity contribution >= 4 is 17.6 Å². The predicted molar refractivity (Wildman–Crippen MR) is 123 cm³/mol. The second-order valence-electron chi connectivity index (χ2n) is 7.44.